The van der Waals surface area contributed by atoms with Crippen molar-refractivity contribution in [2.75, 3.05) is 25.7 Å². The van der Waals surface area contributed by atoms with Gasteiger partial charge in [-0.2, -0.15) is 4.31 Å². The zero-order valence-corrected chi connectivity index (χ0v) is 23.0. The highest BCUT2D eigenvalue weighted by Crippen LogP contribution is 2.38. The van der Waals surface area contributed by atoms with Gasteiger partial charge in [0.2, 0.25) is 15.9 Å². The Morgan fingerprint density at radius 1 is 1.13 bits per heavy atom. The molecule has 0 spiro atoms. The molecule has 4 aromatic rings. The topological polar surface area (TPSA) is 102 Å². The van der Waals surface area contributed by atoms with E-state index in [1.54, 1.807) is 42.6 Å². The van der Waals surface area contributed by atoms with Crippen LogP contribution in [0, 0.1) is 6.92 Å². The van der Waals surface area contributed by atoms with E-state index in [4.69, 9.17) is 14.5 Å². The molecule has 9 nitrogen and oxygen atoms in total. The number of rotatable bonds is 8. The van der Waals surface area contributed by atoms with Crippen molar-refractivity contribution in [3.05, 3.63) is 72.1 Å². The molecule has 38 heavy (non-hydrogen) atoms. The van der Waals surface area contributed by atoms with Crippen molar-refractivity contribution >= 4 is 42.6 Å². The molecule has 0 bridgehead atoms. The Bertz CT molecular complexity index is 1560. The SMILES string of the molecule is COc1ccc(S(=O)(=O)N2CCCC2C(=O)N(Cc2cccnc2)c2nc3c(OC)ccc(C)c3s2)cc1. The molecule has 1 aliphatic heterocycles. The first-order valence-electron chi connectivity index (χ1n) is 12.1. The van der Waals surface area contributed by atoms with Crippen molar-refractivity contribution < 1.29 is 22.7 Å². The first-order chi connectivity index (χ1) is 18.3. The minimum atomic E-state index is -3.91. The molecule has 1 atom stereocenters. The Balaban J connectivity index is 1.54. The van der Waals surface area contributed by atoms with E-state index < -0.39 is 16.1 Å². The number of thiazole rings is 1. The third-order valence-corrected chi connectivity index (χ3v) is 9.76. The van der Waals surface area contributed by atoms with Crippen LogP contribution in [0.25, 0.3) is 10.2 Å². The molecule has 1 amide bonds. The molecule has 2 aromatic carbocycles. The van der Waals surface area contributed by atoms with Crippen LogP contribution in [-0.4, -0.2) is 55.4 Å². The van der Waals surface area contributed by atoms with E-state index in [1.807, 2.05) is 25.1 Å². The molecular weight excluding hydrogens is 524 g/mol. The standard InChI is InChI=1S/C27H28N4O5S2/c1-18-8-13-23(36-3)24-25(18)37-27(29-24)30(17-19-6-4-14-28-16-19)26(32)22-7-5-15-31(22)38(33,34)21-11-9-20(35-2)10-12-21/h4,6,8-14,16,22H,5,7,15,17H2,1-3H3. The van der Waals surface area contributed by atoms with Gasteiger partial charge in [-0.1, -0.05) is 23.5 Å². The van der Waals surface area contributed by atoms with E-state index in [2.05, 4.69) is 4.98 Å². The van der Waals surface area contributed by atoms with Gasteiger partial charge in [-0.05, 0) is 67.3 Å². The predicted octanol–water partition coefficient (Wildman–Crippen LogP) is 4.40. The van der Waals surface area contributed by atoms with Gasteiger partial charge in [0.05, 0.1) is 30.4 Å². The number of pyridine rings is 1. The van der Waals surface area contributed by atoms with Crippen molar-refractivity contribution in [1.29, 1.82) is 0 Å². The zero-order valence-electron chi connectivity index (χ0n) is 21.3. The first kappa shape index (κ1) is 26.1. The fourth-order valence-corrected chi connectivity index (χ4v) is 7.34. The number of nitrogens with zero attached hydrogens (tertiary/aromatic N) is 4. The molecular formula is C27H28N4O5S2. The van der Waals surface area contributed by atoms with E-state index in [-0.39, 0.29) is 23.9 Å². The van der Waals surface area contributed by atoms with Crippen molar-refractivity contribution in [3.8, 4) is 11.5 Å². The predicted molar refractivity (Wildman–Crippen MR) is 146 cm³/mol. The Hall–Kier alpha value is -3.54. The van der Waals surface area contributed by atoms with Gasteiger partial charge < -0.3 is 9.47 Å². The van der Waals surface area contributed by atoms with Gasteiger partial charge in [-0.25, -0.2) is 13.4 Å². The fourth-order valence-electron chi connectivity index (χ4n) is 4.63. The number of sulfonamides is 1. The van der Waals surface area contributed by atoms with Crippen LogP contribution in [0.2, 0.25) is 0 Å². The summed E-state index contributed by atoms with van der Waals surface area (Å²) in [6.07, 6.45) is 4.37. The molecule has 198 valence electrons. The third kappa shape index (κ3) is 4.84. The maximum Gasteiger partial charge on any atom is 0.247 e. The van der Waals surface area contributed by atoms with Gasteiger partial charge in [-0.15, -0.1) is 0 Å². The minimum absolute atomic E-state index is 0.122. The molecule has 0 radical (unpaired) electrons. The number of hydrogen-bond acceptors (Lipinski definition) is 8. The average Bonchev–Trinajstić information content (AvgIpc) is 3.61. The monoisotopic (exact) mass is 552 g/mol. The number of amides is 1. The Morgan fingerprint density at radius 2 is 1.92 bits per heavy atom. The summed E-state index contributed by atoms with van der Waals surface area (Å²) in [5.74, 6) is 0.854. The summed E-state index contributed by atoms with van der Waals surface area (Å²) >= 11 is 1.39. The molecule has 0 aliphatic carbocycles. The normalized spacial score (nSPS) is 16.0. The van der Waals surface area contributed by atoms with Gasteiger partial charge in [0.15, 0.2) is 5.13 Å². The van der Waals surface area contributed by atoms with Crippen LogP contribution in [0.1, 0.15) is 24.0 Å². The van der Waals surface area contributed by atoms with Crippen LogP contribution < -0.4 is 14.4 Å². The summed E-state index contributed by atoms with van der Waals surface area (Å²) in [4.78, 5) is 24.9. The Morgan fingerprint density at radius 3 is 2.61 bits per heavy atom. The van der Waals surface area contributed by atoms with Crippen molar-refractivity contribution in [2.24, 2.45) is 0 Å². The van der Waals surface area contributed by atoms with E-state index in [1.165, 1.54) is 34.9 Å². The molecule has 0 saturated carbocycles. The lowest BCUT2D eigenvalue weighted by Crippen LogP contribution is -2.47. The number of aryl methyl sites for hydroxylation is 1. The van der Waals surface area contributed by atoms with Gasteiger partial charge >= 0.3 is 0 Å². The average molecular weight is 553 g/mol. The van der Waals surface area contributed by atoms with Crippen LogP contribution in [0.5, 0.6) is 11.5 Å². The van der Waals surface area contributed by atoms with Crippen LogP contribution >= 0.6 is 11.3 Å². The molecule has 1 fully saturated rings. The smallest absolute Gasteiger partial charge is 0.247 e. The third-order valence-electron chi connectivity index (χ3n) is 6.63. The number of anilines is 1. The summed E-state index contributed by atoms with van der Waals surface area (Å²) in [6.45, 7) is 2.45. The lowest BCUT2D eigenvalue weighted by molar-refractivity contribution is -0.121. The maximum atomic E-state index is 14.2. The van der Waals surface area contributed by atoms with Gasteiger partial charge in [0.25, 0.3) is 0 Å². The molecule has 1 aliphatic rings. The largest absolute Gasteiger partial charge is 0.497 e. The molecule has 5 rings (SSSR count). The molecule has 2 aromatic heterocycles. The second-order valence-electron chi connectivity index (χ2n) is 8.99. The number of fused-ring (bicyclic) bond motifs is 1. The second-order valence-corrected chi connectivity index (χ2v) is 11.9. The highest BCUT2D eigenvalue weighted by Gasteiger charge is 2.42. The highest BCUT2D eigenvalue weighted by molar-refractivity contribution is 7.89. The van der Waals surface area contributed by atoms with E-state index in [9.17, 15) is 13.2 Å². The minimum Gasteiger partial charge on any atom is -0.497 e. The van der Waals surface area contributed by atoms with Crippen molar-refractivity contribution in [2.45, 2.75) is 37.2 Å². The molecule has 11 heteroatoms. The Kier molecular flexibility index (Phi) is 7.33. The first-order valence-corrected chi connectivity index (χ1v) is 14.4. The summed E-state index contributed by atoms with van der Waals surface area (Å²) in [7, 11) is -0.800. The number of benzene rings is 2. The van der Waals surface area contributed by atoms with Gasteiger partial charge in [-0.3, -0.25) is 14.7 Å². The quantitative estimate of drug-likeness (QED) is 0.319. The van der Waals surface area contributed by atoms with E-state index >= 15 is 0 Å². The van der Waals surface area contributed by atoms with Crippen LogP contribution in [-0.2, 0) is 21.4 Å². The van der Waals surface area contributed by atoms with Gasteiger partial charge in [0, 0.05) is 18.9 Å². The lowest BCUT2D eigenvalue weighted by atomic mass is 10.2. The molecule has 1 saturated heterocycles. The molecule has 3 heterocycles. The number of hydrogen-bond donors (Lipinski definition) is 0. The number of methoxy groups -OCH3 is 2. The van der Waals surface area contributed by atoms with Gasteiger partial charge in [0.1, 0.15) is 23.1 Å². The Labute approximate surface area is 225 Å². The van der Waals surface area contributed by atoms with Crippen LogP contribution in [0.3, 0.4) is 0 Å². The number of carbonyl (C=O) groups excluding carboxylic acids is 1. The lowest BCUT2D eigenvalue weighted by Gasteiger charge is -2.28. The summed E-state index contributed by atoms with van der Waals surface area (Å²) in [5.41, 5.74) is 2.50. The van der Waals surface area contributed by atoms with E-state index in [0.29, 0.717) is 35.0 Å². The highest BCUT2D eigenvalue weighted by atomic mass is 32.2. The number of carbonyl (C=O) groups is 1. The molecule has 0 N–H and O–H groups in total. The summed E-state index contributed by atoms with van der Waals surface area (Å²) < 4.78 is 40.1. The van der Waals surface area contributed by atoms with Crippen LogP contribution in [0.4, 0.5) is 5.13 Å². The number of aromatic nitrogens is 2. The van der Waals surface area contributed by atoms with Crippen LogP contribution in [0.15, 0.2) is 65.8 Å². The van der Waals surface area contributed by atoms with Crippen molar-refractivity contribution in [3.63, 3.8) is 0 Å². The molecule has 1 unspecified atom stereocenters. The van der Waals surface area contributed by atoms with Crippen molar-refractivity contribution in [1.82, 2.24) is 14.3 Å². The summed E-state index contributed by atoms with van der Waals surface area (Å²) in [5, 5.41) is 0.482. The zero-order chi connectivity index (χ0) is 26.9. The maximum absolute atomic E-state index is 14.2. The van der Waals surface area contributed by atoms with E-state index in [0.717, 1.165) is 15.8 Å². The second kappa shape index (κ2) is 10.7. The number of ether oxygens (including phenoxy) is 2. The fraction of sp³-hybridized carbons (Fsp3) is 0.296. The summed E-state index contributed by atoms with van der Waals surface area (Å²) in [6, 6.07) is 12.9.